The number of hydrogen-bond donors (Lipinski definition) is 0. The molecule has 0 saturated heterocycles. The second-order valence-electron chi connectivity index (χ2n) is 2.83. The standard InChI is InChI=1S/C10H10INO4/c1-15-9-6-8(11)10(16-2)5-7(9)3-4-12(13)14/h3-6H,1-2H3. The fourth-order valence-electron chi connectivity index (χ4n) is 1.16. The van der Waals surface area contributed by atoms with Crippen LogP contribution in [0.4, 0.5) is 0 Å². The lowest BCUT2D eigenvalue weighted by molar-refractivity contribution is -0.400. The zero-order valence-corrected chi connectivity index (χ0v) is 10.9. The summed E-state index contributed by atoms with van der Waals surface area (Å²) in [5.41, 5.74) is 0.608. The average molecular weight is 335 g/mol. The van der Waals surface area contributed by atoms with Crippen LogP contribution in [0.5, 0.6) is 11.5 Å². The maximum atomic E-state index is 10.2. The monoisotopic (exact) mass is 335 g/mol. The zero-order chi connectivity index (χ0) is 12.1. The highest BCUT2D eigenvalue weighted by molar-refractivity contribution is 14.1. The minimum absolute atomic E-state index is 0.524. The Morgan fingerprint density at radius 3 is 2.44 bits per heavy atom. The van der Waals surface area contributed by atoms with Crippen LogP contribution in [0.1, 0.15) is 5.56 Å². The summed E-state index contributed by atoms with van der Waals surface area (Å²) in [5.74, 6) is 1.23. The third-order valence-electron chi connectivity index (χ3n) is 1.88. The van der Waals surface area contributed by atoms with Gasteiger partial charge in [0.05, 0.1) is 22.7 Å². The Kier molecular flexibility index (Phi) is 4.53. The van der Waals surface area contributed by atoms with E-state index in [2.05, 4.69) is 22.6 Å². The fourth-order valence-corrected chi connectivity index (χ4v) is 1.81. The van der Waals surface area contributed by atoms with Crippen LogP contribution in [0.15, 0.2) is 18.3 Å². The van der Waals surface area contributed by atoms with E-state index in [0.29, 0.717) is 17.1 Å². The number of methoxy groups -OCH3 is 2. The van der Waals surface area contributed by atoms with Gasteiger partial charge in [-0.3, -0.25) is 10.1 Å². The van der Waals surface area contributed by atoms with E-state index < -0.39 is 4.92 Å². The molecule has 0 saturated carbocycles. The van der Waals surface area contributed by atoms with Gasteiger partial charge in [0.15, 0.2) is 0 Å². The number of benzene rings is 1. The molecule has 0 N–H and O–H groups in total. The van der Waals surface area contributed by atoms with Gasteiger partial charge < -0.3 is 9.47 Å². The molecule has 0 fully saturated rings. The lowest BCUT2D eigenvalue weighted by Crippen LogP contribution is -1.93. The van der Waals surface area contributed by atoms with Crippen molar-refractivity contribution in [3.05, 3.63) is 37.6 Å². The molecule has 0 heterocycles. The van der Waals surface area contributed by atoms with Crippen molar-refractivity contribution in [3.8, 4) is 11.5 Å². The summed E-state index contributed by atoms with van der Waals surface area (Å²) in [5, 5.41) is 10.2. The summed E-state index contributed by atoms with van der Waals surface area (Å²) in [6, 6.07) is 3.46. The van der Waals surface area contributed by atoms with Gasteiger partial charge in [0.25, 0.3) is 0 Å². The van der Waals surface area contributed by atoms with Gasteiger partial charge in [-0.05, 0) is 34.7 Å². The molecule has 1 aromatic rings. The minimum atomic E-state index is -0.524. The second kappa shape index (κ2) is 5.69. The molecular formula is C10H10INO4. The summed E-state index contributed by atoms with van der Waals surface area (Å²) in [4.78, 5) is 9.71. The van der Waals surface area contributed by atoms with Crippen molar-refractivity contribution < 1.29 is 14.4 Å². The van der Waals surface area contributed by atoms with Crippen LogP contribution >= 0.6 is 22.6 Å². The Hall–Kier alpha value is -1.31. The van der Waals surface area contributed by atoms with E-state index in [1.807, 2.05) is 0 Å². The third-order valence-corrected chi connectivity index (χ3v) is 2.72. The second-order valence-corrected chi connectivity index (χ2v) is 3.99. The third kappa shape index (κ3) is 3.09. The molecule has 0 amide bonds. The van der Waals surface area contributed by atoms with Gasteiger partial charge in [-0.15, -0.1) is 0 Å². The Morgan fingerprint density at radius 1 is 1.31 bits per heavy atom. The molecule has 0 aromatic heterocycles. The summed E-state index contributed by atoms with van der Waals surface area (Å²) >= 11 is 2.10. The fraction of sp³-hybridized carbons (Fsp3) is 0.200. The van der Waals surface area contributed by atoms with E-state index in [-0.39, 0.29) is 0 Å². The molecule has 0 spiro atoms. The smallest absolute Gasteiger partial charge is 0.235 e. The maximum absolute atomic E-state index is 10.2. The van der Waals surface area contributed by atoms with Crippen LogP contribution in [-0.2, 0) is 0 Å². The molecule has 86 valence electrons. The van der Waals surface area contributed by atoms with E-state index in [0.717, 1.165) is 9.77 Å². The number of nitrogens with zero attached hydrogens (tertiary/aromatic N) is 1. The Labute approximate surface area is 106 Å². The summed E-state index contributed by atoms with van der Waals surface area (Å²) < 4.78 is 11.1. The molecule has 0 unspecified atom stereocenters. The van der Waals surface area contributed by atoms with Gasteiger partial charge in [-0.25, -0.2) is 0 Å². The highest BCUT2D eigenvalue weighted by Crippen LogP contribution is 2.30. The number of hydrogen-bond acceptors (Lipinski definition) is 4. The molecule has 0 aliphatic rings. The summed E-state index contributed by atoms with van der Waals surface area (Å²) in [7, 11) is 3.06. The molecule has 0 radical (unpaired) electrons. The van der Waals surface area contributed by atoms with Crippen LogP contribution in [0.2, 0.25) is 0 Å². The Balaban J connectivity index is 3.19. The Bertz CT molecular complexity index is 431. The summed E-state index contributed by atoms with van der Waals surface area (Å²) in [6.07, 6.45) is 2.24. The van der Waals surface area contributed by atoms with Crippen LogP contribution in [-0.4, -0.2) is 19.1 Å². The quantitative estimate of drug-likeness (QED) is 0.482. The average Bonchev–Trinajstić information content (AvgIpc) is 2.26. The first-order chi connectivity index (χ1) is 7.58. The molecule has 1 aromatic carbocycles. The van der Waals surface area contributed by atoms with Gasteiger partial charge >= 0.3 is 0 Å². The minimum Gasteiger partial charge on any atom is -0.496 e. The first-order valence-electron chi connectivity index (χ1n) is 4.31. The molecule has 5 nitrogen and oxygen atoms in total. The van der Waals surface area contributed by atoms with Crippen molar-refractivity contribution in [2.75, 3.05) is 14.2 Å². The highest BCUT2D eigenvalue weighted by Gasteiger charge is 2.08. The van der Waals surface area contributed by atoms with Crippen molar-refractivity contribution in [1.29, 1.82) is 0 Å². The largest absolute Gasteiger partial charge is 0.496 e. The first kappa shape index (κ1) is 12.8. The molecule has 0 aliphatic carbocycles. The van der Waals surface area contributed by atoms with Crippen molar-refractivity contribution in [1.82, 2.24) is 0 Å². The maximum Gasteiger partial charge on any atom is 0.235 e. The number of rotatable bonds is 4. The normalized spacial score (nSPS) is 10.4. The predicted octanol–water partition coefficient (Wildman–Crippen LogP) is 2.56. The van der Waals surface area contributed by atoms with E-state index in [4.69, 9.17) is 9.47 Å². The van der Waals surface area contributed by atoms with Gasteiger partial charge in [0.1, 0.15) is 11.5 Å². The molecule has 6 heteroatoms. The summed E-state index contributed by atoms with van der Waals surface area (Å²) in [6.45, 7) is 0. The van der Waals surface area contributed by atoms with Crippen LogP contribution < -0.4 is 9.47 Å². The van der Waals surface area contributed by atoms with Gasteiger partial charge in [-0.1, -0.05) is 0 Å². The molecule has 0 bridgehead atoms. The van der Waals surface area contributed by atoms with Gasteiger partial charge in [-0.2, -0.15) is 0 Å². The van der Waals surface area contributed by atoms with Crippen molar-refractivity contribution in [2.24, 2.45) is 0 Å². The Morgan fingerprint density at radius 2 is 1.94 bits per heavy atom. The number of ether oxygens (including phenoxy) is 2. The van der Waals surface area contributed by atoms with Crippen LogP contribution in [0, 0.1) is 13.7 Å². The van der Waals surface area contributed by atoms with Crippen LogP contribution in [0.3, 0.4) is 0 Å². The molecule has 0 aliphatic heterocycles. The molecule has 16 heavy (non-hydrogen) atoms. The SMILES string of the molecule is COc1cc(C=C[N+](=O)[O-])c(OC)cc1I. The van der Waals surface area contributed by atoms with Crippen molar-refractivity contribution >= 4 is 28.7 Å². The highest BCUT2D eigenvalue weighted by atomic mass is 127. The van der Waals surface area contributed by atoms with Gasteiger partial charge in [0.2, 0.25) is 6.20 Å². The lowest BCUT2D eigenvalue weighted by atomic mass is 10.2. The van der Waals surface area contributed by atoms with Crippen LogP contribution in [0.25, 0.3) is 6.08 Å². The van der Waals surface area contributed by atoms with E-state index in [1.54, 1.807) is 19.2 Å². The van der Waals surface area contributed by atoms with Crippen molar-refractivity contribution in [3.63, 3.8) is 0 Å². The van der Waals surface area contributed by atoms with E-state index in [9.17, 15) is 10.1 Å². The first-order valence-corrected chi connectivity index (χ1v) is 5.39. The zero-order valence-electron chi connectivity index (χ0n) is 8.77. The molecular weight excluding hydrogens is 325 g/mol. The number of nitro groups is 1. The topological polar surface area (TPSA) is 61.6 Å². The predicted molar refractivity (Wildman–Crippen MR) is 68.3 cm³/mol. The van der Waals surface area contributed by atoms with E-state index >= 15 is 0 Å². The van der Waals surface area contributed by atoms with Gasteiger partial charge in [0, 0.05) is 11.6 Å². The molecule has 1 rings (SSSR count). The van der Waals surface area contributed by atoms with Crippen molar-refractivity contribution in [2.45, 2.75) is 0 Å². The number of halogens is 1. The molecule has 0 atom stereocenters. The van der Waals surface area contributed by atoms with E-state index in [1.165, 1.54) is 13.2 Å². The lowest BCUT2D eigenvalue weighted by Gasteiger charge is -2.08.